The van der Waals surface area contributed by atoms with Crippen molar-refractivity contribution in [3.63, 3.8) is 0 Å². The van der Waals surface area contributed by atoms with Gasteiger partial charge in [-0.3, -0.25) is 4.79 Å². The summed E-state index contributed by atoms with van der Waals surface area (Å²) >= 11 is 1.30. The van der Waals surface area contributed by atoms with Gasteiger partial charge in [-0.05, 0) is 38.0 Å². The molecule has 2 heterocycles. The number of benzene rings is 1. The molecular formula is C19H19NO5S. The molecular weight excluding hydrogens is 354 g/mol. The summed E-state index contributed by atoms with van der Waals surface area (Å²) in [4.78, 5) is 37.9. The number of thiophene rings is 1. The third kappa shape index (κ3) is 3.35. The number of hydrogen-bond acceptors (Lipinski definition) is 6. The molecule has 1 amide bonds. The number of aryl methyl sites for hydroxylation is 1. The molecule has 0 radical (unpaired) electrons. The third-order valence-corrected chi connectivity index (χ3v) is 5.41. The number of amides is 1. The summed E-state index contributed by atoms with van der Waals surface area (Å²) < 4.78 is 10.4. The van der Waals surface area contributed by atoms with E-state index in [1.807, 2.05) is 19.9 Å². The number of esters is 2. The van der Waals surface area contributed by atoms with Gasteiger partial charge in [0, 0.05) is 11.3 Å². The van der Waals surface area contributed by atoms with Crippen LogP contribution in [0.1, 0.15) is 43.6 Å². The van der Waals surface area contributed by atoms with Crippen LogP contribution in [-0.4, -0.2) is 30.6 Å². The van der Waals surface area contributed by atoms with Crippen LogP contribution in [0.4, 0.5) is 5.00 Å². The van der Waals surface area contributed by atoms with Crippen LogP contribution >= 0.6 is 11.3 Å². The molecule has 0 aliphatic carbocycles. The molecule has 0 spiro atoms. The van der Waals surface area contributed by atoms with E-state index in [2.05, 4.69) is 5.32 Å². The SMILES string of the molecule is CCOC(=O)c1c(NC(=O)[C@H]2Cc3ccccc3C(=O)O2)sc(C)c1C. The molecule has 0 saturated carbocycles. The summed E-state index contributed by atoms with van der Waals surface area (Å²) in [6, 6.07) is 7.05. The number of hydrogen-bond donors (Lipinski definition) is 1. The molecule has 1 aromatic carbocycles. The maximum absolute atomic E-state index is 12.6. The van der Waals surface area contributed by atoms with Gasteiger partial charge >= 0.3 is 11.9 Å². The van der Waals surface area contributed by atoms with Crippen molar-refractivity contribution in [2.75, 3.05) is 11.9 Å². The van der Waals surface area contributed by atoms with Gasteiger partial charge < -0.3 is 14.8 Å². The average molecular weight is 373 g/mol. The molecule has 1 aromatic heterocycles. The van der Waals surface area contributed by atoms with Crippen molar-refractivity contribution in [1.82, 2.24) is 0 Å². The number of anilines is 1. The van der Waals surface area contributed by atoms with Crippen LogP contribution in [0.5, 0.6) is 0 Å². The highest BCUT2D eigenvalue weighted by molar-refractivity contribution is 7.16. The lowest BCUT2D eigenvalue weighted by atomic mass is 9.98. The Morgan fingerprint density at radius 1 is 1.31 bits per heavy atom. The van der Waals surface area contributed by atoms with Gasteiger partial charge in [0.25, 0.3) is 5.91 Å². The molecule has 0 unspecified atom stereocenters. The number of cyclic esters (lactones) is 1. The van der Waals surface area contributed by atoms with E-state index in [1.165, 1.54) is 11.3 Å². The van der Waals surface area contributed by atoms with Gasteiger partial charge in [-0.15, -0.1) is 11.3 Å². The van der Waals surface area contributed by atoms with Gasteiger partial charge in [0.15, 0.2) is 6.10 Å². The topological polar surface area (TPSA) is 81.7 Å². The van der Waals surface area contributed by atoms with Crippen molar-refractivity contribution in [3.05, 3.63) is 51.4 Å². The Kier molecular flexibility index (Phi) is 5.08. The predicted molar refractivity (Wildman–Crippen MR) is 97.7 cm³/mol. The molecule has 1 atom stereocenters. The van der Waals surface area contributed by atoms with Crippen LogP contribution in [0.15, 0.2) is 24.3 Å². The lowest BCUT2D eigenvalue weighted by molar-refractivity contribution is -0.125. The number of carbonyl (C=O) groups is 3. The van der Waals surface area contributed by atoms with Crippen molar-refractivity contribution in [2.45, 2.75) is 33.3 Å². The Hall–Kier alpha value is -2.67. The van der Waals surface area contributed by atoms with Gasteiger partial charge in [-0.2, -0.15) is 0 Å². The van der Waals surface area contributed by atoms with Crippen molar-refractivity contribution < 1.29 is 23.9 Å². The molecule has 1 aliphatic heterocycles. The van der Waals surface area contributed by atoms with Crippen LogP contribution in [0.2, 0.25) is 0 Å². The highest BCUT2D eigenvalue weighted by atomic mass is 32.1. The van der Waals surface area contributed by atoms with Crippen LogP contribution in [0.25, 0.3) is 0 Å². The summed E-state index contributed by atoms with van der Waals surface area (Å²) in [5.74, 6) is -1.45. The van der Waals surface area contributed by atoms with Crippen LogP contribution < -0.4 is 5.32 Å². The largest absolute Gasteiger partial charge is 0.462 e. The third-order valence-electron chi connectivity index (χ3n) is 4.29. The fourth-order valence-electron chi connectivity index (χ4n) is 2.83. The van der Waals surface area contributed by atoms with Crippen LogP contribution in [-0.2, 0) is 20.7 Å². The second-order valence-corrected chi connectivity index (χ2v) is 7.18. The number of carbonyl (C=O) groups excluding carboxylic acids is 3. The average Bonchev–Trinajstić information content (AvgIpc) is 2.89. The number of rotatable bonds is 4. The number of fused-ring (bicyclic) bond motifs is 1. The first-order chi connectivity index (χ1) is 12.4. The fraction of sp³-hybridized carbons (Fsp3) is 0.316. The summed E-state index contributed by atoms with van der Waals surface area (Å²) in [6.07, 6.45) is -0.638. The first-order valence-corrected chi connectivity index (χ1v) is 9.10. The highest BCUT2D eigenvalue weighted by Crippen LogP contribution is 2.33. The quantitative estimate of drug-likeness (QED) is 0.832. The molecule has 0 bridgehead atoms. The molecule has 1 N–H and O–H groups in total. The number of nitrogens with one attached hydrogen (secondary N) is 1. The summed E-state index contributed by atoms with van der Waals surface area (Å²) in [5, 5.41) is 3.15. The monoisotopic (exact) mass is 373 g/mol. The zero-order valence-corrected chi connectivity index (χ0v) is 15.6. The van der Waals surface area contributed by atoms with E-state index in [0.717, 1.165) is 16.0 Å². The van der Waals surface area contributed by atoms with Crippen molar-refractivity contribution in [2.24, 2.45) is 0 Å². The standard InChI is InChI=1S/C19H19NO5S/c1-4-24-19(23)15-10(2)11(3)26-17(15)20-16(21)14-9-12-7-5-6-8-13(12)18(22)25-14/h5-8,14H,4,9H2,1-3H3,(H,20,21)/t14-/m1/s1. The minimum atomic E-state index is -0.935. The van der Waals surface area contributed by atoms with Crippen molar-refractivity contribution >= 4 is 34.2 Å². The van der Waals surface area contributed by atoms with E-state index in [-0.39, 0.29) is 6.61 Å². The van der Waals surface area contributed by atoms with Gasteiger partial charge in [0.1, 0.15) is 5.00 Å². The van der Waals surface area contributed by atoms with Gasteiger partial charge in [-0.1, -0.05) is 18.2 Å². The lowest BCUT2D eigenvalue weighted by Gasteiger charge is -2.23. The molecule has 1 aliphatic rings. The molecule has 6 nitrogen and oxygen atoms in total. The zero-order valence-electron chi connectivity index (χ0n) is 14.8. The molecule has 26 heavy (non-hydrogen) atoms. The van der Waals surface area contributed by atoms with Crippen LogP contribution in [0.3, 0.4) is 0 Å². The molecule has 0 saturated heterocycles. The summed E-state index contributed by atoms with van der Waals surface area (Å²) in [5.41, 5.74) is 2.37. The fourth-order valence-corrected chi connectivity index (χ4v) is 3.89. The Balaban J connectivity index is 1.82. The maximum atomic E-state index is 12.6. The highest BCUT2D eigenvalue weighted by Gasteiger charge is 2.32. The molecule has 136 valence electrons. The van der Waals surface area contributed by atoms with Gasteiger partial charge in [0.2, 0.25) is 0 Å². The van der Waals surface area contributed by atoms with E-state index in [0.29, 0.717) is 22.5 Å². The van der Waals surface area contributed by atoms with Crippen molar-refractivity contribution in [1.29, 1.82) is 0 Å². The van der Waals surface area contributed by atoms with E-state index < -0.39 is 23.9 Å². The predicted octanol–water partition coefficient (Wildman–Crippen LogP) is 3.26. The Labute approximate surface area is 155 Å². The zero-order chi connectivity index (χ0) is 18.8. The van der Waals surface area contributed by atoms with Crippen LogP contribution in [0, 0.1) is 13.8 Å². The second kappa shape index (κ2) is 7.29. The molecule has 0 fully saturated rings. The maximum Gasteiger partial charge on any atom is 0.341 e. The molecule has 3 rings (SSSR count). The van der Waals surface area contributed by atoms with Crippen molar-refractivity contribution in [3.8, 4) is 0 Å². The van der Waals surface area contributed by atoms with Gasteiger partial charge in [0.05, 0.1) is 17.7 Å². The van der Waals surface area contributed by atoms with E-state index in [1.54, 1.807) is 25.1 Å². The lowest BCUT2D eigenvalue weighted by Crippen LogP contribution is -2.38. The first kappa shape index (κ1) is 18.1. The summed E-state index contributed by atoms with van der Waals surface area (Å²) in [7, 11) is 0. The Bertz CT molecular complexity index is 886. The molecule has 7 heteroatoms. The minimum absolute atomic E-state index is 0.248. The number of ether oxygens (including phenoxy) is 2. The van der Waals surface area contributed by atoms with E-state index in [9.17, 15) is 14.4 Å². The van der Waals surface area contributed by atoms with E-state index >= 15 is 0 Å². The normalized spacial score (nSPS) is 15.8. The smallest absolute Gasteiger partial charge is 0.341 e. The Morgan fingerprint density at radius 3 is 2.77 bits per heavy atom. The summed E-state index contributed by atoms with van der Waals surface area (Å²) in [6.45, 7) is 5.65. The van der Waals surface area contributed by atoms with Gasteiger partial charge in [-0.25, -0.2) is 9.59 Å². The molecule has 2 aromatic rings. The second-order valence-electron chi connectivity index (χ2n) is 5.95. The van der Waals surface area contributed by atoms with E-state index in [4.69, 9.17) is 9.47 Å². The first-order valence-electron chi connectivity index (χ1n) is 8.29. The minimum Gasteiger partial charge on any atom is -0.462 e. The Morgan fingerprint density at radius 2 is 2.04 bits per heavy atom.